The summed E-state index contributed by atoms with van der Waals surface area (Å²) in [5, 5.41) is 9.82. The molecule has 4 nitrogen and oxygen atoms in total. The monoisotopic (exact) mass is 283 g/mol. The Morgan fingerprint density at radius 2 is 1.95 bits per heavy atom. The van der Waals surface area contributed by atoms with Crippen LogP contribution in [0.15, 0.2) is 53.5 Å². The predicted octanol–water partition coefficient (Wildman–Crippen LogP) is 3.50. The third kappa shape index (κ3) is 4.18. The molecule has 2 rings (SSSR count). The lowest BCUT2D eigenvalue weighted by Gasteiger charge is -2.07. The first kappa shape index (κ1) is 14.8. The van der Waals surface area contributed by atoms with Crippen LogP contribution in [0.25, 0.3) is 0 Å². The number of carbonyl (C=O) groups is 1. The number of ether oxygens (including phenoxy) is 1. The number of aliphatic imine (C=N–C) groups is 1. The first-order valence-corrected chi connectivity index (χ1v) is 6.66. The number of carbonyl (C=O) groups excluding carboxylic acids is 1. The molecule has 0 spiro atoms. The van der Waals surface area contributed by atoms with E-state index in [9.17, 15) is 9.90 Å². The zero-order valence-corrected chi connectivity index (χ0v) is 12.0. The smallest absolute Gasteiger partial charge is 0.308 e. The van der Waals surface area contributed by atoms with Gasteiger partial charge in [0.2, 0.25) is 0 Å². The van der Waals surface area contributed by atoms with E-state index >= 15 is 0 Å². The highest BCUT2D eigenvalue weighted by molar-refractivity contribution is 5.84. The molecule has 0 radical (unpaired) electrons. The molecule has 2 aromatic rings. The van der Waals surface area contributed by atoms with Crippen LogP contribution in [0, 0.1) is 0 Å². The molecule has 108 valence electrons. The fraction of sp³-hybridized carbons (Fsp3) is 0.176. The molecule has 0 heterocycles. The predicted molar refractivity (Wildman–Crippen MR) is 81.9 cm³/mol. The summed E-state index contributed by atoms with van der Waals surface area (Å²) >= 11 is 0. The van der Waals surface area contributed by atoms with Crippen molar-refractivity contribution in [2.24, 2.45) is 4.99 Å². The highest BCUT2D eigenvalue weighted by atomic mass is 16.5. The Labute approximate surface area is 123 Å². The van der Waals surface area contributed by atoms with Gasteiger partial charge >= 0.3 is 5.97 Å². The van der Waals surface area contributed by atoms with Gasteiger partial charge in [-0.1, -0.05) is 30.3 Å². The molecular formula is C17H17NO3. The highest BCUT2D eigenvalue weighted by Crippen LogP contribution is 2.23. The molecule has 0 unspecified atom stereocenters. The summed E-state index contributed by atoms with van der Waals surface area (Å²) in [7, 11) is 0. The normalized spacial score (nSPS) is 12.3. The highest BCUT2D eigenvalue weighted by Gasteiger charge is 2.05. The van der Waals surface area contributed by atoms with E-state index in [4.69, 9.17) is 4.74 Å². The van der Waals surface area contributed by atoms with Gasteiger partial charge in [0, 0.05) is 18.7 Å². The fourth-order valence-electron chi connectivity index (χ4n) is 1.88. The standard InChI is InChI=1S/C17H17NO3/c1-12(14-6-4-3-5-7-14)18-11-15-10-16(21-13(2)19)8-9-17(15)20/h3-12,20H,1-2H3/t12-/m1/s1. The molecule has 0 aliphatic rings. The minimum atomic E-state index is -0.402. The molecule has 4 heteroatoms. The number of hydrogen-bond donors (Lipinski definition) is 1. The van der Waals surface area contributed by atoms with Crippen molar-refractivity contribution in [2.75, 3.05) is 0 Å². The maximum absolute atomic E-state index is 10.9. The molecule has 2 aromatic carbocycles. The largest absolute Gasteiger partial charge is 0.507 e. The van der Waals surface area contributed by atoms with Crippen LogP contribution in [0.4, 0.5) is 0 Å². The fourth-order valence-corrected chi connectivity index (χ4v) is 1.88. The van der Waals surface area contributed by atoms with E-state index < -0.39 is 5.97 Å². The van der Waals surface area contributed by atoms with Crippen molar-refractivity contribution in [1.29, 1.82) is 0 Å². The number of phenols is 1. The number of aromatic hydroxyl groups is 1. The summed E-state index contributed by atoms with van der Waals surface area (Å²) in [4.78, 5) is 15.4. The molecule has 21 heavy (non-hydrogen) atoms. The van der Waals surface area contributed by atoms with E-state index in [0.717, 1.165) is 5.56 Å². The van der Waals surface area contributed by atoms with E-state index in [1.165, 1.54) is 19.1 Å². The van der Waals surface area contributed by atoms with Crippen molar-refractivity contribution in [3.8, 4) is 11.5 Å². The van der Waals surface area contributed by atoms with Gasteiger partial charge in [0.05, 0.1) is 6.04 Å². The topological polar surface area (TPSA) is 58.9 Å². The van der Waals surface area contributed by atoms with Gasteiger partial charge in [0.15, 0.2) is 0 Å². The molecule has 0 aliphatic heterocycles. The Balaban J connectivity index is 2.18. The summed E-state index contributed by atoms with van der Waals surface area (Å²) in [6, 6.07) is 14.4. The van der Waals surface area contributed by atoms with E-state index in [-0.39, 0.29) is 11.8 Å². The molecule has 1 atom stereocenters. The molecule has 0 saturated carbocycles. The molecule has 0 aliphatic carbocycles. The number of benzene rings is 2. The number of hydrogen-bond acceptors (Lipinski definition) is 4. The second-order valence-electron chi connectivity index (χ2n) is 4.68. The van der Waals surface area contributed by atoms with Gasteiger partial charge in [0.1, 0.15) is 11.5 Å². The van der Waals surface area contributed by atoms with E-state index in [2.05, 4.69) is 4.99 Å². The molecular weight excluding hydrogens is 266 g/mol. The number of esters is 1. The first-order chi connectivity index (χ1) is 10.1. The number of phenolic OH excluding ortho intramolecular Hbond substituents is 1. The third-order valence-corrected chi connectivity index (χ3v) is 2.98. The van der Waals surface area contributed by atoms with Gasteiger partial charge in [-0.05, 0) is 30.7 Å². The van der Waals surface area contributed by atoms with Crippen molar-refractivity contribution in [2.45, 2.75) is 19.9 Å². The van der Waals surface area contributed by atoms with Crippen molar-refractivity contribution in [3.05, 3.63) is 59.7 Å². The van der Waals surface area contributed by atoms with E-state index in [1.807, 2.05) is 37.3 Å². The SMILES string of the molecule is CC(=O)Oc1ccc(O)c(C=N[C@H](C)c2ccccc2)c1. The second-order valence-corrected chi connectivity index (χ2v) is 4.68. The zero-order chi connectivity index (χ0) is 15.2. The minimum Gasteiger partial charge on any atom is -0.507 e. The summed E-state index contributed by atoms with van der Waals surface area (Å²) in [5.74, 6) is 0.0743. The van der Waals surface area contributed by atoms with Crippen molar-refractivity contribution in [3.63, 3.8) is 0 Å². The summed E-state index contributed by atoms with van der Waals surface area (Å²) < 4.78 is 4.99. The zero-order valence-electron chi connectivity index (χ0n) is 12.0. The van der Waals surface area contributed by atoms with Crippen LogP contribution in [-0.2, 0) is 4.79 Å². The van der Waals surface area contributed by atoms with E-state index in [0.29, 0.717) is 11.3 Å². The maximum Gasteiger partial charge on any atom is 0.308 e. The van der Waals surface area contributed by atoms with Crippen LogP contribution >= 0.6 is 0 Å². The molecule has 0 saturated heterocycles. The Hall–Kier alpha value is -2.62. The summed E-state index contributed by atoms with van der Waals surface area (Å²) in [6.07, 6.45) is 1.58. The van der Waals surface area contributed by atoms with E-state index in [1.54, 1.807) is 12.3 Å². The first-order valence-electron chi connectivity index (χ1n) is 6.66. The van der Waals surface area contributed by atoms with Crippen LogP contribution < -0.4 is 4.74 Å². The van der Waals surface area contributed by atoms with Crippen LogP contribution in [0.5, 0.6) is 11.5 Å². The van der Waals surface area contributed by atoms with Gasteiger partial charge in [-0.3, -0.25) is 9.79 Å². The minimum absolute atomic E-state index is 0.0250. The summed E-state index contributed by atoms with van der Waals surface area (Å²) in [6.45, 7) is 3.30. The van der Waals surface area contributed by atoms with Crippen LogP contribution in [-0.4, -0.2) is 17.3 Å². The molecule has 0 amide bonds. The quantitative estimate of drug-likeness (QED) is 0.531. The third-order valence-electron chi connectivity index (χ3n) is 2.98. The lowest BCUT2D eigenvalue weighted by molar-refractivity contribution is -0.131. The van der Waals surface area contributed by atoms with Crippen molar-refractivity contribution < 1.29 is 14.6 Å². The van der Waals surface area contributed by atoms with Gasteiger partial charge < -0.3 is 9.84 Å². The number of nitrogens with zero attached hydrogens (tertiary/aromatic N) is 1. The molecule has 0 fully saturated rings. The Bertz CT molecular complexity index is 650. The molecule has 0 bridgehead atoms. The number of rotatable bonds is 4. The lowest BCUT2D eigenvalue weighted by atomic mass is 10.1. The van der Waals surface area contributed by atoms with Gasteiger partial charge in [-0.15, -0.1) is 0 Å². The average molecular weight is 283 g/mol. The van der Waals surface area contributed by atoms with Crippen LogP contribution in [0.2, 0.25) is 0 Å². The van der Waals surface area contributed by atoms with Crippen LogP contribution in [0.1, 0.15) is 31.0 Å². The summed E-state index contributed by atoms with van der Waals surface area (Å²) in [5.41, 5.74) is 1.60. The Kier molecular flexibility index (Phi) is 4.72. The Morgan fingerprint density at radius 3 is 2.62 bits per heavy atom. The van der Waals surface area contributed by atoms with Crippen molar-refractivity contribution in [1.82, 2.24) is 0 Å². The van der Waals surface area contributed by atoms with Gasteiger partial charge in [0.25, 0.3) is 0 Å². The van der Waals surface area contributed by atoms with Gasteiger partial charge in [-0.25, -0.2) is 0 Å². The van der Waals surface area contributed by atoms with Gasteiger partial charge in [-0.2, -0.15) is 0 Å². The Morgan fingerprint density at radius 1 is 1.24 bits per heavy atom. The molecule has 0 aromatic heterocycles. The second kappa shape index (κ2) is 6.70. The lowest BCUT2D eigenvalue weighted by Crippen LogP contribution is -2.01. The van der Waals surface area contributed by atoms with Crippen LogP contribution in [0.3, 0.4) is 0 Å². The molecule has 1 N–H and O–H groups in total. The maximum atomic E-state index is 10.9. The average Bonchev–Trinajstić information content (AvgIpc) is 2.48. The van der Waals surface area contributed by atoms with Crippen molar-refractivity contribution >= 4 is 12.2 Å².